The van der Waals surface area contributed by atoms with Gasteiger partial charge in [-0.25, -0.2) is 0 Å². The van der Waals surface area contributed by atoms with Crippen LogP contribution in [-0.4, -0.2) is 42.5 Å². The zero-order chi connectivity index (χ0) is 21.0. The highest BCUT2D eigenvalue weighted by Gasteiger charge is 2.28. The molecule has 0 bridgehead atoms. The number of nitrogens with zero attached hydrogens (tertiary/aromatic N) is 1. The van der Waals surface area contributed by atoms with Crippen LogP contribution in [-0.2, 0) is 4.79 Å². The quantitative estimate of drug-likeness (QED) is 0.339. The Labute approximate surface area is 184 Å². The molecule has 152 valence electrons. The Bertz CT molecular complexity index is 977. The SMILES string of the molecule is COc1cc(C=C2SC(=S)N(C)C2=O)cc(Cl)c1OCCOc1ccccc1C. The molecule has 1 aliphatic heterocycles. The zero-order valence-corrected chi connectivity index (χ0v) is 18.6. The Hall–Kier alpha value is -2.22. The van der Waals surface area contributed by atoms with Crippen LogP contribution in [0.5, 0.6) is 17.2 Å². The Morgan fingerprint density at radius 2 is 1.90 bits per heavy atom. The molecule has 29 heavy (non-hydrogen) atoms. The minimum Gasteiger partial charge on any atom is -0.493 e. The lowest BCUT2D eigenvalue weighted by molar-refractivity contribution is -0.121. The Kier molecular flexibility index (Phi) is 7.05. The average molecular weight is 450 g/mol. The average Bonchev–Trinajstić information content (AvgIpc) is 2.94. The number of benzene rings is 2. The van der Waals surface area contributed by atoms with Gasteiger partial charge < -0.3 is 14.2 Å². The van der Waals surface area contributed by atoms with E-state index in [-0.39, 0.29) is 5.91 Å². The van der Waals surface area contributed by atoms with Gasteiger partial charge in [0.25, 0.3) is 5.91 Å². The van der Waals surface area contributed by atoms with Gasteiger partial charge >= 0.3 is 0 Å². The number of ether oxygens (including phenoxy) is 3. The van der Waals surface area contributed by atoms with Crippen molar-refractivity contribution in [1.29, 1.82) is 0 Å². The summed E-state index contributed by atoms with van der Waals surface area (Å²) in [5.41, 5.74) is 1.79. The number of hydrogen-bond donors (Lipinski definition) is 0. The van der Waals surface area contributed by atoms with E-state index in [0.717, 1.165) is 16.9 Å². The number of thioether (sulfide) groups is 1. The van der Waals surface area contributed by atoms with Gasteiger partial charge in [-0.05, 0) is 42.3 Å². The van der Waals surface area contributed by atoms with Gasteiger partial charge in [0.05, 0.1) is 17.0 Å². The molecular formula is C21H20ClNO4S2. The lowest BCUT2D eigenvalue weighted by Crippen LogP contribution is -2.22. The van der Waals surface area contributed by atoms with Gasteiger partial charge in [-0.2, -0.15) is 0 Å². The first-order valence-electron chi connectivity index (χ1n) is 8.81. The number of para-hydroxylation sites is 1. The van der Waals surface area contributed by atoms with Gasteiger partial charge in [0.2, 0.25) is 0 Å². The topological polar surface area (TPSA) is 48.0 Å². The van der Waals surface area contributed by atoms with E-state index in [1.54, 1.807) is 25.3 Å². The minimum absolute atomic E-state index is 0.135. The van der Waals surface area contributed by atoms with Crippen molar-refractivity contribution in [1.82, 2.24) is 4.90 Å². The number of likely N-dealkylation sites (N-methyl/N-ethyl adjacent to an activating group) is 1. The molecule has 3 rings (SSSR count). The lowest BCUT2D eigenvalue weighted by Gasteiger charge is -2.14. The Balaban J connectivity index is 1.69. The van der Waals surface area contributed by atoms with Gasteiger partial charge in [0.15, 0.2) is 11.5 Å². The Morgan fingerprint density at radius 3 is 2.55 bits per heavy atom. The van der Waals surface area contributed by atoms with Gasteiger partial charge in [-0.3, -0.25) is 9.69 Å². The predicted octanol–water partition coefficient (Wildman–Crippen LogP) is 4.95. The largest absolute Gasteiger partial charge is 0.493 e. The van der Waals surface area contributed by atoms with E-state index in [1.807, 2.05) is 31.2 Å². The van der Waals surface area contributed by atoms with Gasteiger partial charge in [0, 0.05) is 7.05 Å². The molecule has 2 aromatic rings. The summed E-state index contributed by atoms with van der Waals surface area (Å²) in [4.78, 5) is 14.2. The normalized spacial score (nSPS) is 15.2. The van der Waals surface area contributed by atoms with Gasteiger partial charge in [-0.1, -0.05) is 53.8 Å². The maximum Gasteiger partial charge on any atom is 0.265 e. The highest BCUT2D eigenvalue weighted by molar-refractivity contribution is 8.26. The summed E-state index contributed by atoms with van der Waals surface area (Å²) in [6, 6.07) is 11.3. The van der Waals surface area contributed by atoms with Crippen LogP contribution in [0, 0.1) is 6.92 Å². The van der Waals surface area contributed by atoms with Crippen LogP contribution in [0.3, 0.4) is 0 Å². The van der Waals surface area contributed by atoms with Crippen LogP contribution < -0.4 is 14.2 Å². The second kappa shape index (κ2) is 9.52. The molecule has 0 saturated carbocycles. The highest BCUT2D eigenvalue weighted by Crippen LogP contribution is 2.38. The van der Waals surface area contributed by atoms with Crippen LogP contribution in [0.25, 0.3) is 6.08 Å². The minimum atomic E-state index is -0.135. The standard InChI is InChI=1S/C21H20ClNO4S2/c1-13-6-4-5-7-16(13)26-8-9-27-19-15(22)10-14(11-17(19)25-3)12-18-20(24)23(2)21(28)29-18/h4-7,10-12H,8-9H2,1-3H3. The molecule has 2 aromatic carbocycles. The molecule has 0 aromatic heterocycles. The molecule has 0 unspecified atom stereocenters. The molecule has 1 aliphatic rings. The monoisotopic (exact) mass is 449 g/mol. The van der Waals surface area contributed by atoms with E-state index in [1.165, 1.54) is 23.8 Å². The van der Waals surface area contributed by atoms with Crippen molar-refractivity contribution in [3.63, 3.8) is 0 Å². The van der Waals surface area contributed by atoms with Crippen molar-refractivity contribution < 1.29 is 19.0 Å². The van der Waals surface area contributed by atoms with E-state index >= 15 is 0 Å². The summed E-state index contributed by atoms with van der Waals surface area (Å²) < 4.78 is 17.5. The van der Waals surface area contributed by atoms with E-state index in [4.69, 9.17) is 38.0 Å². The molecule has 0 atom stereocenters. The number of methoxy groups -OCH3 is 1. The van der Waals surface area contributed by atoms with Gasteiger partial charge in [0.1, 0.15) is 23.3 Å². The molecule has 1 heterocycles. The summed E-state index contributed by atoms with van der Waals surface area (Å²) >= 11 is 12.8. The summed E-state index contributed by atoms with van der Waals surface area (Å²) in [7, 11) is 3.19. The van der Waals surface area contributed by atoms with Crippen molar-refractivity contribution in [2.75, 3.05) is 27.4 Å². The number of halogens is 1. The van der Waals surface area contributed by atoms with E-state index < -0.39 is 0 Å². The summed E-state index contributed by atoms with van der Waals surface area (Å²) in [5.74, 6) is 1.59. The number of carbonyl (C=O) groups is 1. The third-order valence-electron chi connectivity index (χ3n) is 4.22. The smallest absolute Gasteiger partial charge is 0.265 e. The van der Waals surface area contributed by atoms with Crippen LogP contribution in [0.4, 0.5) is 0 Å². The zero-order valence-electron chi connectivity index (χ0n) is 16.2. The second-order valence-electron chi connectivity index (χ2n) is 6.24. The Morgan fingerprint density at radius 1 is 1.17 bits per heavy atom. The van der Waals surface area contributed by atoms with Crippen LogP contribution >= 0.6 is 35.6 Å². The van der Waals surface area contributed by atoms with Crippen LogP contribution in [0.1, 0.15) is 11.1 Å². The third-order valence-corrected chi connectivity index (χ3v) is 5.98. The fourth-order valence-electron chi connectivity index (χ4n) is 2.67. The first-order valence-corrected chi connectivity index (χ1v) is 10.4. The van der Waals surface area contributed by atoms with Gasteiger partial charge in [-0.15, -0.1) is 0 Å². The number of thiocarbonyl (C=S) groups is 1. The van der Waals surface area contributed by atoms with Crippen molar-refractivity contribution in [2.24, 2.45) is 0 Å². The maximum absolute atomic E-state index is 12.2. The van der Waals surface area contributed by atoms with Crippen LogP contribution in [0.2, 0.25) is 5.02 Å². The van der Waals surface area contributed by atoms with Crippen molar-refractivity contribution in [3.8, 4) is 17.2 Å². The molecule has 1 fully saturated rings. The molecule has 0 radical (unpaired) electrons. The molecule has 0 aliphatic carbocycles. The lowest BCUT2D eigenvalue weighted by atomic mass is 10.2. The van der Waals surface area contributed by atoms with Crippen molar-refractivity contribution in [3.05, 3.63) is 57.5 Å². The number of hydrogen-bond acceptors (Lipinski definition) is 6. The third kappa shape index (κ3) is 5.04. The summed E-state index contributed by atoms with van der Waals surface area (Å²) in [6.07, 6.45) is 1.74. The fourth-order valence-corrected chi connectivity index (χ4v) is 4.13. The molecule has 5 nitrogen and oxygen atoms in total. The fraction of sp³-hybridized carbons (Fsp3) is 0.238. The molecule has 0 N–H and O–H groups in total. The first-order chi connectivity index (χ1) is 13.9. The summed E-state index contributed by atoms with van der Waals surface area (Å²) in [6.45, 7) is 2.66. The number of aryl methyl sites for hydroxylation is 1. The maximum atomic E-state index is 12.2. The molecule has 1 amide bonds. The van der Waals surface area contributed by atoms with Crippen molar-refractivity contribution >= 4 is 51.9 Å². The van der Waals surface area contributed by atoms with E-state index in [9.17, 15) is 4.79 Å². The molecule has 0 spiro atoms. The molecular weight excluding hydrogens is 430 g/mol. The molecule has 8 heteroatoms. The number of amides is 1. The van der Waals surface area contributed by atoms with Crippen LogP contribution in [0.15, 0.2) is 41.3 Å². The summed E-state index contributed by atoms with van der Waals surface area (Å²) in [5, 5.41) is 0.387. The molecule has 1 saturated heterocycles. The number of rotatable bonds is 7. The van der Waals surface area contributed by atoms with E-state index in [2.05, 4.69) is 0 Å². The van der Waals surface area contributed by atoms with E-state index in [0.29, 0.717) is 39.0 Å². The highest BCUT2D eigenvalue weighted by atomic mass is 35.5. The second-order valence-corrected chi connectivity index (χ2v) is 8.32. The first kappa shape index (κ1) is 21.5. The predicted molar refractivity (Wildman–Crippen MR) is 121 cm³/mol. The van der Waals surface area contributed by atoms with Crippen molar-refractivity contribution in [2.45, 2.75) is 6.92 Å². The number of carbonyl (C=O) groups excluding carboxylic acids is 1.